The molecule has 18 heteroatoms. The van der Waals surface area contributed by atoms with E-state index >= 15 is 4.39 Å². The van der Waals surface area contributed by atoms with Gasteiger partial charge in [-0.2, -0.15) is 28.2 Å². The second-order valence-electron chi connectivity index (χ2n) is 13.7. The van der Waals surface area contributed by atoms with Crippen LogP contribution in [0.5, 0.6) is 11.8 Å². The molecular formula is C33H38ClF5N8O4. The minimum atomic E-state index is -5.00. The van der Waals surface area contributed by atoms with Crippen LogP contribution in [0.3, 0.4) is 0 Å². The summed E-state index contributed by atoms with van der Waals surface area (Å²) in [6.07, 6.45) is -5.19. The van der Waals surface area contributed by atoms with Gasteiger partial charge in [0.1, 0.15) is 24.3 Å². The number of amides is 1. The number of alkyl halides is 4. The molecule has 3 atom stereocenters. The molecule has 2 unspecified atom stereocenters. The van der Waals surface area contributed by atoms with E-state index in [0.29, 0.717) is 61.0 Å². The van der Waals surface area contributed by atoms with Gasteiger partial charge < -0.3 is 29.7 Å². The topological polar surface area (TPSA) is 124 Å². The van der Waals surface area contributed by atoms with Crippen molar-refractivity contribution in [2.75, 3.05) is 58.1 Å². The number of halogens is 6. The molecule has 0 saturated carbocycles. The standard InChI is InChI=1S/C33H38ClF5N8O4/c1-44(2)30(48)27-28(49-3)22-14-45(7-5-9-47(22)43-27)29-18-15-50-23(24-25(33(37,38)39)19(34)10-20(40)26(24)36)11-21(18)41-31(42-29)51-16-32-6-4-8-46(32)13-17(35)12-32/h10,17,23H,4-9,11-16,40H2,1-3H3/t17-,23?,32?/m1/s1. The molecule has 1 amide bonds. The van der Waals surface area contributed by atoms with E-state index in [1.165, 1.54) is 12.0 Å². The Labute approximate surface area is 295 Å². The largest absolute Gasteiger partial charge is 0.492 e. The van der Waals surface area contributed by atoms with Crippen LogP contribution in [0.4, 0.5) is 33.5 Å². The highest BCUT2D eigenvalue weighted by atomic mass is 35.5. The Hall–Kier alpha value is -3.96. The van der Waals surface area contributed by atoms with E-state index in [4.69, 9.17) is 36.5 Å². The van der Waals surface area contributed by atoms with Crippen molar-refractivity contribution in [3.63, 3.8) is 0 Å². The molecule has 2 aromatic heterocycles. The first-order valence-electron chi connectivity index (χ1n) is 16.7. The lowest BCUT2D eigenvalue weighted by Gasteiger charge is -2.33. The number of fused-ring (bicyclic) bond motifs is 3. The highest BCUT2D eigenvalue weighted by Crippen LogP contribution is 2.47. The molecule has 12 nitrogen and oxygen atoms in total. The monoisotopic (exact) mass is 740 g/mol. The molecule has 4 aliphatic rings. The van der Waals surface area contributed by atoms with Gasteiger partial charge in [-0.25, -0.2) is 8.78 Å². The number of benzene rings is 1. The first kappa shape index (κ1) is 35.4. The van der Waals surface area contributed by atoms with Gasteiger partial charge >= 0.3 is 12.2 Å². The fraction of sp³-hybridized carbons (Fsp3) is 0.576. The number of nitrogens with two attached hydrogens (primary N) is 1. The zero-order chi connectivity index (χ0) is 36.4. The molecule has 3 aromatic rings. The first-order chi connectivity index (χ1) is 24.2. The number of methoxy groups -OCH3 is 1. The van der Waals surface area contributed by atoms with Crippen molar-refractivity contribution in [2.24, 2.45) is 0 Å². The Morgan fingerprint density at radius 2 is 2.00 bits per heavy atom. The molecule has 0 aliphatic carbocycles. The first-order valence-corrected chi connectivity index (χ1v) is 17.1. The van der Waals surface area contributed by atoms with Gasteiger partial charge in [0, 0.05) is 57.7 Å². The molecular weight excluding hydrogens is 703 g/mol. The molecule has 6 heterocycles. The second kappa shape index (κ2) is 13.2. The van der Waals surface area contributed by atoms with E-state index in [2.05, 4.69) is 15.0 Å². The average molecular weight is 741 g/mol. The fourth-order valence-electron chi connectivity index (χ4n) is 7.88. The molecule has 51 heavy (non-hydrogen) atoms. The Morgan fingerprint density at radius 1 is 1.22 bits per heavy atom. The number of ether oxygens (including phenoxy) is 3. The minimum Gasteiger partial charge on any atom is -0.492 e. The predicted octanol–water partition coefficient (Wildman–Crippen LogP) is 4.96. The minimum absolute atomic E-state index is 0.0525. The van der Waals surface area contributed by atoms with Crippen molar-refractivity contribution < 1.29 is 41.0 Å². The summed E-state index contributed by atoms with van der Waals surface area (Å²) in [5.74, 6) is -0.900. The summed E-state index contributed by atoms with van der Waals surface area (Å²) in [6.45, 7) is 2.04. The maximum Gasteiger partial charge on any atom is 0.418 e. The van der Waals surface area contributed by atoms with E-state index in [0.717, 1.165) is 25.5 Å². The van der Waals surface area contributed by atoms with Gasteiger partial charge in [0.25, 0.3) is 5.91 Å². The molecule has 0 spiro atoms. The van der Waals surface area contributed by atoms with Crippen molar-refractivity contribution in [1.29, 1.82) is 0 Å². The quantitative estimate of drug-likeness (QED) is 0.263. The van der Waals surface area contributed by atoms with Crippen LogP contribution in [0.1, 0.15) is 70.4 Å². The predicted molar refractivity (Wildman–Crippen MR) is 175 cm³/mol. The third kappa shape index (κ3) is 6.30. The number of nitrogens with zero attached hydrogens (tertiary/aromatic N) is 7. The molecule has 0 bridgehead atoms. The van der Waals surface area contributed by atoms with Gasteiger partial charge in [0.2, 0.25) is 0 Å². The van der Waals surface area contributed by atoms with Gasteiger partial charge in [-0.15, -0.1) is 0 Å². The summed E-state index contributed by atoms with van der Waals surface area (Å²) >= 11 is 5.99. The molecule has 1 aromatic carbocycles. The molecule has 2 saturated heterocycles. The zero-order valence-electron chi connectivity index (χ0n) is 28.3. The van der Waals surface area contributed by atoms with Gasteiger partial charge in [-0.1, -0.05) is 11.6 Å². The van der Waals surface area contributed by atoms with Crippen LogP contribution in [-0.4, -0.2) is 94.6 Å². The van der Waals surface area contributed by atoms with Crippen LogP contribution >= 0.6 is 11.6 Å². The van der Waals surface area contributed by atoms with Gasteiger partial charge in [0.05, 0.1) is 53.9 Å². The van der Waals surface area contributed by atoms with E-state index in [1.54, 1.807) is 18.8 Å². The highest BCUT2D eigenvalue weighted by molar-refractivity contribution is 6.31. The number of rotatable bonds is 7. The second-order valence-corrected chi connectivity index (χ2v) is 14.1. The number of hydrogen-bond donors (Lipinski definition) is 1. The lowest BCUT2D eigenvalue weighted by atomic mass is 9.93. The van der Waals surface area contributed by atoms with Crippen molar-refractivity contribution in [2.45, 2.75) is 75.8 Å². The molecule has 2 fully saturated rings. The smallest absolute Gasteiger partial charge is 0.418 e. The fourth-order valence-corrected chi connectivity index (χ4v) is 8.21. The van der Waals surface area contributed by atoms with Crippen molar-refractivity contribution in [3.05, 3.63) is 50.7 Å². The van der Waals surface area contributed by atoms with E-state index < -0.39 is 51.6 Å². The van der Waals surface area contributed by atoms with E-state index in [1.807, 2.05) is 4.90 Å². The Balaban J connectivity index is 1.29. The summed E-state index contributed by atoms with van der Waals surface area (Å²) in [6, 6.07) is 0.682. The summed E-state index contributed by atoms with van der Waals surface area (Å²) in [4.78, 5) is 27.8. The normalized spacial score (nSPS) is 23.4. The van der Waals surface area contributed by atoms with E-state index in [-0.39, 0.29) is 43.8 Å². The van der Waals surface area contributed by atoms with Crippen LogP contribution in [-0.2, 0) is 37.0 Å². The van der Waals surface area contributed by atoms with Crippen LogP contribution in [0, 0.1) is 5.82 Å². The zero-order valence-corrected chi connectivity index (χ0v) is 29.1. The van der Waals surface area contributed by atoms with Gasteiger partial charge in [-0.05, 0) is 31.9 Å². The van der Waals surface area contributed by atoms with Crippen molar-refractivity contribution in [1.82, 2.24) is 29.5 Å². The lowest BCUT2D eigenvalue weighted by molar-refractivity contribution is -0.140. The van der Waals surface area contributed by atoms with Crippen molar-refractivity contribution in [3.8, 4) is 11.8 Å². The number of anilines is 2. The SMILES string of the molecule is COc1c(C(=O)N(C)C)nn2c1CN(c1nc(OCC34CCCN3C[C@H](F)C4)nc3c1COC(c1c(F)c(N)cc(Cl)c1C(F)(F)F)C3)CCC2. The van der Waals surface area contributed by atoms with Crippen LogP contribution in [0.15, 0.2) is 6.07 Å². The average Bonchev–Trinajstić information content (AvgIpc) is 3.67. The lowest BCUT2D eigenvalue weighted by Crippen LogP contribution is -2.43. The van der Waals surface area contributed by atoms with Crippen LogP contribution in [0.25, 0.3) is 0 Å². The molecule has 0 radical (unpaired) electrons. The number of aryl methyl sites for hydroxylation is 1. The third-order valence-electron chi connectivity index (χ3n) is 10.2. The molecule has 276 valence electrons. The Bertz CT molecular complexity index is 1860. The number of nitrogen functional groups attached to an aromatic ring is 1. The maximum absolute atomic E-state index is 15.5. The molecule has 2 N–H and O–H groups in total. The summed E-state index contributed by atoms with van der Waals surface area (Å²) in [5, 5.41) is 3.80. The maximum atomic E-state index is 15.5. The summed E-state index contributed by atoms with van der Waals surface area (Å²) in [5.41, 5.74) is 4.05. The van der Waals surface area contributed by atoms with Crippen LogP contribution < -0.4 is 20.1 Å². The number of hydrogen-bond acceptors (Lipinski definition) is 10. The van der Waals surface area contributed by atoms with E-state index in [9.17, 15) is 22.4 Å². The highest BCUT2D eigenvalue weighted by Gasteiger charge is 2.49. The van der Waals surface area contributed by atoms with Crippen molar-refractivity contribution >= 4 is 29.0 Å². The molecule has 4 aliphatic heterocycles. The number of carbonyl (C=O) groups is 1. The summed E-state index contributed by atoms with van der Waals surface area (Å²) < 4.78 is 92.5. The summed E-state index contributed by atoms with van der Waals surface area (Å²) in [7, 11) is 4.69. The molecule has 7 rings (SSSR count). The number of aromatic nitrogens is 4. The third-order valence-corrected chi connectivity index (χ3v) is 10.5. The Morgan fingerprint density at radius 3 is 2.73 bits per heavy atom. The van der Waals surface area contributed by atoms with Gasteiger partial charge in [0.15, 0.2) is 17.3 Å². The van der Waals surface area contributed by atoms with Crippen LogP contribution in [0.2, 0.25) is 5.02 Å². The Kier molecular flexibility index (Phi) is 9.19. The van der Waals surface area contributed by atoms with Gasteiger partial charge in [-0.3, -0.25) is 14.4 Å². The number of carbonyl (C=O) groups excluding carboxylic acids is 1.